The predicted molar refractivity (Wildman–Crippen MR) is 63.5 cm³/mol. The Hall–Kier alpha value is -1.14. The van der Waals surface area contributed by atoms with Crippen LogP contribution in [0.2, 0.25) is 0 Å². The Bertz CT molecular complexity index is 539. The van der Waals surface area contributed by atoms with Crippen molar-refractivity contribution in [3.05, 3.63) is 23.5 Å². The van der Waals surface area contributed by atoms with Crippen molar-refractivity contribution in [2.24, 2.45) is 0 Å². The van der Waals surface area contributed by atoms with Crippen molar-refractivity contribution in [2.75, 3.05) is 5.73 Å². The average Bonchev–Trinajstić information content (AvgIpc) is 2.17. The van der Waals surface area contributed by atoms with Gasteiger partial charge in [-0.2, -0.15) is 0 Å². The Morgan fingerprint density at radius 2 is 2.06 bits per heavy atom. The summed E-state index contributed by atoms with van der Waals surface area (Å²) < 4.78 is 39.9. The van der Waals surface area contributed by atoms with Gasteiger partial charge in [0.2, 0.25) is 10.0 Å². The minimum Gasteiger partial charge on any atom is -0.398 e. The van der Waals surface area contributed by atoms with Crippen molar-refractivity contribution in [2.45, 2.75) is 37.1 Å². The Morgan fingerprint density at radius 3 is 2.59 bits per heavy atom. The highest BCUT2D eigenvalue weighted by atomic mass is 32.2. The van der Waals surface area contributed by atoms with Crippen LogP contribution < -0.4 is 10.5 Å². The van der Waals surface area contributed by atoms with E-state index in [0.29, 0.717) is 5.56 Å². The molecule has 0 aliphatic heterocycles. The van der Waals surface area contributed by atoms with Gasteiger partial charge in [-0.25, -0.2) is 17.5 Å². The monoisotopic (exact) mass is 258 g/mol. The molecule has 3 N–H and O–H groups in total. The van der Waals surface area contributed by atoms with E-state index in [1.165, 1.54) is 6.07 Å². The molecule has 0 aromatic heterocycles. The summed E-state index contributed by atoms with van der Waals surface area (Å²) in [6, 6.07) is 2.25. The van der Waals surface area contributed by atoms with Gasteiger partial charge >= 0.3 is 0 Å². The van der Waals surface area contributed by atoms with E-state index in [2.05, 4.69) is 4.72 Å². The molecule has 0 bridgehead atoms. The number of hydrogen-bond acceptors (Lipinski definition) is 3. The lowest BCUT2D eigenvalue weighted by atomic mass is 9.94. The van der Waals surface area contributed by atoms with Gasteiger partial charge in [0.1, 0.15) is 10.7 Å². The van der Waals surface area contributed by atoms with E-state index in [4.69, 9.17) is 5.73 Å². The molecule has 1 fully saturated rings. The maximum Gasteiger partial charge on any atom is 0.243 e. The van der Waals surface area contributed by atoms with E-state index in [9.17, 15) is 12.8 Å². The van der Waals surface area contributed by atoms with Crippen LogP contribution in [0.5, 0.6) is 0 Å². The number of anilines is 1. The van der Waals surface area contributed by atoms with Gasteiger partial charge in [-0.1, -0.05) is 6.42 Å². The largest absolute Gasteiger partial charge is 0.398 e. The maximum absolute atomic E-state index is 13.6. The molecule has 1 aromatic rings. The van der Waals surface area contributed by atoms with Crippen LogP contribution >= 0.6 is 0 Å². The highest BCUT2D eigenvalue weighted by Gasteiger charge is 2.27. The molecular weight excluding hydrogens is 243 g/mol. The van der Waals surface area contributed by atoms with Crippen LogP contribution in [0.3, 0.4) is 0 Å². The molecule has 0 amide bonds. The number of halogens is 1. The van der Waals surface area contributed by atoms with Gasteiger partial charge in [0.15, 0.2) is 0 Å². The zero-order valence-corrected chi connectivity index (χ0v) is 10.3. The molecule has 1 aliphatic rings. The lowest BCUT2D eigenvalue weighted by Gasteiger charge is -2.26. The van der Waals surface area contributed by atoms with E-state index in [1.54, 1.807) is 6.92 Å². The van der Waals surface area contributed by atoms with Crippen LogP contribution in [0, 0.1) is 12.7 Å². The van der Waals surface area contributed by atoms with Gasteiger partial charge in [-0.15, -0.1) is 0 Å². The lowest BCUT2D eigenvalue weighted by Crippen LogP contribution is -2.39. The molecule has 1 aliphatic carbocycles. The number of hydrogen-bond donors (Lipinski definition) is 2. The summed E-state index contributed by atoms with van der Waals surface area (Å²) in [5.41, 5.74) is 6.42. The van der Waals surface area contributed by atoms with E-state index in [-0.39, 0.29) is 16.6 Å². The molecular formula is C11H15FN2O2S. The van der Waals surface area contributed by atoms with E-state index in [0.717, 1.165) is 25.3 Å². The highest BCUT2D eigenvalue weighted by Crippen LogP contribution is 2.24. The molecule has 6 heteroatoms. The van der Waals surface area contributed by atoms with Gasteiger partial charge in [0.05, 0.1) is 0 Å². The van der Waals surface area contributed by atoms with Crippen LogP contribution in [0.15, 0.2) is 17.0 Å². The number of rotatable bonds is 3. The number of sulfonamides is 1. The van der Waals surface area contributed by atoms with E-state index in [1.807, 2.05) is 0 Å². The summed E-state index contributed by atoms with van der Waals surface area (Å²) >= 11 is 0. The first-order valence-electron chi connectivity index (χ1n) is 5.48. The van der Waals surface area contributed by atoms with Crippen molar-refractivity contribution in [3.8, 4) is 0 Å². The summed E-state index contributed by atoms with van der Waals surface area (Å²) in [5, 5.41) is 0. The minimum atomic E-state index is -3.80. The number of nitrogens with one attached hydrogen (secondary N) is 1. The van der Waals surface area contributed by atoms with Gasteiger partial charge in [0, 0.05) is 11.7 Å². The molecule has 4 nitrogen and oxygen atoms in total. The molecule has 0 spiro atoms. The van der Waals surface area contributed by atoms with Crippen LogP contribution in [0.1, 0.15) is 24.8 Å². The number of aryl methyl sites for hydroxylation is 1. The summed E-state index contributed by atoms with van der Waals surface area (Å²) in [7, 11) is -3.80. The van der Waals surface area contributed by atoms with Crippen molar-refractivity contribution in [3.63, 3.8) is 0 Å². The molecule has 17 heavy (non-hydrogen) atoms. The molecule has 2 rings (SSSR count). The van der Waals surface area contributed by atoms with Crippen molar-refractivity contribution in [1.29, 1.82) is 0 Å². The third-order valence-corrected chi connectivity index (χ3v) is 4.57. The first kappa shape index (κ1) is 12.3. The number of nitrogen functional groups attached to an aromatic ring is 1. The molecule has 0 saturated heterocycles. The Balaban J connectivity index is 2.35. The van der Waals surface area contributed by atoms with Gasteiger partial charge in [0.25, 0.3) is 0 Å². The third kappa shape index (κ3) is 2.42. The Labute approximate surface area is 100 Å². The zero-order valence-electron chi connectivity index (χ0n) is 9.53. The second kappa shape index (κ2) is 4.27. The molecule has 0 atom stereocenters. The first-order valence-corrected chi connectivity index (χ1v) is 6.96. The fraction of sp³-hybridized carbons (Fsp3) is 0.455. The van der Waals surface area contributed by atoms with Crippen molar-refractivity contribution >= 4 is 15.7 Å². The summed E-state index contributed by atoms with van der Waals surface area (Å²) in [6.07, 6.45) is 2.62. The quantitative estimate of drug-likeness (QED) is 0.808. The van der Waals surface area contributed by atoms with Crippen LogP contribution in [0.25, 0.3) is 0 Å². The SMILES string of the molecule is Cc1cc(F)c(S(=O)(=O)NC2CCC2)cc1N. The van der Waals surface area contributed by atoms with E-state index < -0.39 is 15.8 Å². The topological polar surface area (TPSA) is 72.2 Å². The first-order chi connectivity index (χ1) is 7.90. The van der Waals surface area contributed by atoms with Crippen LogP contribution in [0.4, 0.5) is 10.1 Å². The second-order valence-corrected chi connectivity index (χ2v) is 6.07. The fourth-order valence-electron chi connectivity index (χ4n) is 1.68. The number of benzene rings is 1. The van der Waals surface area contributed by atoms with E-state index >= 15 is 0 Å². The van der Waals surface area contributed by atoms with Crippen molar-refractivity contribution < 1.29 is 12.8 Å². The Morgan fingerprint density at radius 1 is 1.41 bits per heavy atom. The molecule has 0 heterocycles. The van der Waals surface area contributed by atoms with Gasteiger partial charge in [-0.3, -0.25) is 0 Å². The fourth-order valence-corrected chi connectivity index (χ4v) is 3.08. The normalized spacial score (nSPS) is 16.8. The van der Waals surface area contributed by atoms with Crippen molar-refractivity contribution in [1.82, 2.24) is 4.72 Å². The molecule has 1 aromatic carbocycles. The molecule has 1 saturated carbocycles. The second-order valence-electron chi connectivity index (χ2n) is 4.39. The predicted octanol–water partition coefficient (Wildman–Crippen LogP) is 1.55. The number of nitrogens with two attached hydrogens (primary N) is 1. The molecule has 94 valence electrons. The standard InChI is InChI=1S/C11H15FN2O2S/c1-7-5-9(12)11(6-10(7)13)17(15,16)14-8-3-2-4-8/h5-6,8,14H,2-4,13H2,1H3. The summed E-state index contributed by atoms with van der Waals surface area (Å²) in [5.74, 6) is -0.761. The van der Waals surface area contributed by atoms with Gasteiger partial charge in [-0.05, 0) is 37.5 Å². The zero-order chi connectivity index (χ0) is 12.6. The lowest BCUT2D eigenvalue weighted by molar-refractivity contribution is 0.383. The van der Waals surface area contributed by atoms with Crippen LogP contribution in [-0.4, -0.2) is 14.5 Å². The molecule has 0 unspecified atom stereocenters. The average molecular weight is 258 g/mol. The summed E-state index contributed by atoms with van der Waals surface area (Å²) in [6.45, 7) is 1.63. The minimum absolute atomic E-state index is 0.0677. The maximum atomic E-state index is 13.6. The summed E-state index contributed by atoms with van der Waals surface area (Å²) in [4.78, 5) is -0.368. The smallest absolute Gasteiger partial charge is 0.243 e. The van der Waals surface area contributed by atoms with Crippen LogP contribution in [-0.2, 0) is 10.0 Å². The molecule has 0 radical (unpaired) electrons. The third-order valence-electron chi connectivity index (χ3n) is 3.04. The van der Waals surface area contributed by atoms with Gasteiger partial charge < -0.3 is 5.73 Å². The highest BCUT2D eigenvalue weighted by molar-refractivity contribution is 7.89. The Kier molecular flexibility index (Phi) is 3.09.